The molecule has 0 aliphatic rings. The van der Waals surface area contributed by atoms with Gasteiger partial charge in [-0.05, 0) is 49.7 Å². The summed E-state index contributed by atoms with van der Waals surface area (Å²) in [4.78, 5) is 17.8. The molecule has 0 saturated heterocycles. The van der Waals surface area contributed by atoms with E-state index in [1.54, 1.807) is 6.07 Å². The van der Waals surface area contributed by atoms with E-state index in [0.717, 1.165) is 12.8 Å². The van der Waals surface area contributed by atoms with E-state index in [9.17, 15) is 13.2 Å². The van der Waals surface area contributed by atoms with Crippen molar-refractivity contribution in [3.05, 3.63) is 42.7 Å². The quantitative estimate of drug-likeness (QED) is 0.310. The summed E-state index contributed by atoms with van der Waals surface area (Å²) in [6, 6.07) is 6.75. The fourth-order valence-electron chi connectivity index (χ4n) is 1.81. The van der Waals surface area contributed by atoms with Crippen LogP contribution >= 0.6 is 0 Å². The maximum Gasteiger partial charge on any atom is 0.320 e. The zero-order chi connectivity index (χ0) is 20.3. The van der Waals surface area contributed by atoms with Crippen molar-refractivity contribution in [3.8, 4) is 0 Å². The monoisotopic (exact) mass is 396 g/mol. The minimum absolute atomic E-state index is 0.0318. The van der Waals surface area contributed by atoms with Crippen molar-refractivity contribution in [1.29, 1.82) is 0 Å². The van der Waals surface area contributed by atoms with E-state index in [4.69, 9.17) is 22.3 Å². The van der Waals surface area contributed by atoms with Crippen LogP contribution in [0.15, 0.2) is 47.6 Å². The molecule has 1 unspecified atom stereocenters. The smallest absolute Gasteiger partial charge is 0.320 e. The Hall–Kier alpha value is -2.76. The number of sulfonamides is 1. The largest absolute Gasteiger partial charge is 0.480 e. The van der Waals surface area contributed by atoms with Gasteiger partial charge in [-0.2, -0.15) is 0 Å². The average Bonchev–Trinajstić information content (AvgIpc) is 2.63. The number of nitrogens with zero attached hydrogens (tertiary/aromatic N) is 2. The predicted octanol–water partition coefficient (Wildman–Crippen LogP) is 0.387. The Morgan fingerprint density at radius 1 is 1.15 bits per heavy atom. The van der Waals surface area contributed by atoms with E-state index in [-0.39, 0.29) is 10.8 Å². The van der Waals surface area contributed by atoms with Gasteiger partial charge in [0.25, 0.3) is 10.0 Å². The van der Waals surface area contributed by atoms with Gasteiger partial charge in [-0.25, -0.2) is 23.1 Å². The van der Waals surface area contributed by atoms with Gasteiger partial charge in [0, 0.05) is 18.1 Å². The van der Waals surface area contributed by atoms with Crippen molar-refractivity contribution in [2.75, 3.05) is 17.0 Å². The molecule has 0 amide bonds. The number of carbonyl (C=O) groups is 1. The minimum Gasteiger partial charge on any atom is -0.480 e. The summed E-state index contributed by atoms with van der Waals surface area (Å²) in [5.74, 6) is -0.902. The van der Waals surface area contributed by atoms with Crippen LogP contribution in [0.2, 0.25) is 0 Å². The molecule has 8 N–H and O–H groups in total. The van der Waals surface area contributed by atoms with Gasteiger partial charge in [-0.15, -0.1) is 0 Å². The maximum absolute atomic E-state index is 11.9. The molecule has 2 rings (SSSR count). The molecule has 0 aliphatic carbocycles. The lowest BCUT2D eigenvalue weighted by Gasteiger charge is -2.05. The molecular weight excluding hydrogens is 372 g/mol. The summed E-state index contributed by atoms with van der Waals surface area (Å²) >= 11 is 0. The van der Waals surface area contributed by atoms with E-state index < -0.39 is 22.0 Å². The molecular formula is C16H24N6O4S. The third-order valence-electron chi connectivity index (χ3n) is 3.27. The molecule has 1 heterocycles. The van der Waals surface area contributed by atoms with Crippen LogP contribution in [0.1, 0.15) is 19.3 Å². The lowest BCUT2D eigenvalue weighted by Crippen LogP contribution is -2.29. The summed E-state index contributed by atoms with van der Waals surface area (Å²) < 4.78 is 26.0. The lowest BCUT2D eigenvalue weighted by molar-refractivity contribution is -0.138. The van der Waals surface area contributed by atoms with Crippen molar-refractivity contribution in [2.24, 2.45) is 11.5 Å². The SMILES string of the molecule is NCCCCC(N)C(=O)O.Nc1ccc(S(=O)(=O)Nc2ncccn2)cc1. The number of nitrogens with one attached hydrogen (secondary N) is 1. The molecule has 0 spiro atoms. The van der Waals surface area contributed by atoms with Crippen molar-refractivity contribution >= 4 is 27.6 Å². The number of nitrogens with two attached hydrogens (primary N) is 3. The Morgan fingerprint density at radius 2 is 1.74 bits per heavy atom. The van der Waals surface area contributed by atoms with Gasteiger partial charge in [-0.3, -0.25) is 4.79 Å². The Morgan fingerprint density at radius 3 is 2.26 bits per heavy atom. The number of benzene rings is 1. The fraction of sp³-hybridized carbons (Fsp3) is 0.312. The predicted molar refractivity (Wildman–Crippen MR) is 102 cm³/mol. The van der Waals surface area contributed by atoms with E-state index in [2.05, 4.69) is 14.7 Å². The topological polar surface area (TPSA) is 187 Å². The summed E-state index contributed by atoms with van der Waals surface area (Å²) in [6.45, 7) is 0.604. The summed E-state index contributed by atoms with van der Waals surface area (Å²) in [6.07, 6.45) is 5.07. The van der Waals surface area contributed by atoms with Crippen molar-refractivity contribution in [2.45, 2.75) is 30.2 Å². The summed E-state index contributed by atoms with van der Waals surface area (Å²) in [5, 5.41) is 8.33. The molecule has 1 aromatic heterocycles. The number of nitrogen functional groups attached to an aromatic ring is 1. The molecule has 2 aromatic rings. The van der Waals surface area contributed by atoms with Crippen molar-refractivity contribution in [1.82, 2.24) is 9.97 Å². The molecule has 0 aliphatic heterocycles. The van der Waals surface area contributed by atoms with Gasteiger partial charge < -0.3 is 22.3 Å². The minimum atomic E-state index is -3.66. The van der Waals surface area contributed by atoms with Crippen molar-refractivity contribution < 1.29 is 18.3 Å². The molecule has 1 aromatic carbocycles. The second kappa shape index (κ2) is 11.1. The second-order valence-electron chi connectivity index (χ2n) is 5.48. The molecule has 27 heavy (non-hydrogen) atoms. The number of hydrogen-bond acceptors (Lipinski definition) is 8. The second-order valence-corrected chi connectivity index (χ2v) is 7.16. The number of aromatic nitrogens is 2. The third kappa shape index (κ3) is 8.44. The Bertz CT molecular complexity index is 799. The number of anilines is 2. The number of hydrogen-bond donors (Lipinski definition) is 5. The average molecular weight is 396 g/mol. The van der Waals surface area contributed by atoms with Crippen LogP contribution in [0.4, 0.5) is 11.6 Å². The maximum atomic E-state index is 11.9. The highest BCUT2D eigenvalue weighted by Gasteiger charge is 2.14. The number of rotatable bonds is 8. The van der Waals surface area contributed by atoms with E-state index in [1.807, 2.05) is 0 Å². The highest BCUT2D eigenvalue weighted by Crippen LogP contribution is 2.14. The van der Waals surface area contributed by atoms with Gasteiger partial charge >= 0.3 is 5.97 Å². The first-order valence-corrected chi connectivity index (χ1v) is 9.58. The normalized spacial score (nSPS) is 11.8. The Balaban J connectivity index is 0.000000314. The number of unbranched alkanes of at least 4 members (excludes halogenated alkanes) is 1. The first-order chi connectivity index (χ1) is 12.8. The van der Waals surface area contributed by atoms with E-state index in [1.165, 1.54) is 36.7 Å². The van der Waals surface area contributed by atoms with Crippen LogP contribution in [0.25, 0.3) is 0 Å². The van der Waals surface area contributed by atoms with E-state index >= 15 is 0 Å². The van der Waals surface area contributed by atoms with Crippen LogP contribution < -0.4 is 21.9 Å². The third-order valence-corrected chi connectivity index (χ3v) is 4.61. The Labute approximate surface area is 157 Å². The first-order valence-electron chi connectivity index (χ1n) is 8.10. The molecule has 10 nitrogen and oxygen atoms in total. The van der Waals surface area contributed by atoms with Gasteiger partial charge in [-0.1, -0.05) is 6.42 Å². The fourth-order valence-corrected chi connectivity index (χ4v) is 2.77. The van der Waals surface area contributed by atoms with Gasteiger partial charge in [0.2, 0.25) is 5.95 Å². The van der Waals surface area contributed by atoms with E-state index in [0.29, 0.717) is 18.7 Å². The highest BCUT2D eigenvalue weighted by atomic mass is 32.2. The van der Waals surface area contributed by atoms with Crippen LogP contribution in [-0.4, -0.2) is 42.0 Å². The zero-order valence-electron chi connectivity index (χ0n) is 14.7. The van der Waals surface area contributed by atoms with Gasteiger partial charge in [0.1, 0.15) is 6.04 Å². The molecule has 11 heteroatoms. The number of carboxylic acids is 1. The van der Waals surface area contributed by atoms with Gasteiger partial charge in [0.15, 0.2) is 0 Å². The van der Waals surface area contributed by atoms with Crippen LogP contribution in [-0.2, 0) is 14.8 Å². The summed E-state index contributed by atoms with van der Waals surface area (Å²) in [7, 11) is -3.66. The molecule has 0 saturated carbocycles. The number of carboxylic acid groups (broad SMARTS) is 1. The lowest BCUT2D eigenvalue weighted by atomic mass is 10.1. The Kier molecular flexibility index (Phi) is 9.13. The molecule has 1 atom stereocenters. The zero-order valence-corrected chi connectivity index (χ0v) is 15.5. The van der Waals surface area contributed by atoms with Gasteiger partial charge in [0.05, 0.1) is 4.90 Å². The van der Waals surface area contributed by atoms with Crippen LogP contribution in [0.5, 0.6) is 0 Å². The number of aliphatic carboxylic acids is 1. The summed E-state index contributed by atoms with van der Waals surface area (Å²) in [5.41, 5.74) is 16.4. The highest BCUT2D eigenvalue weighted by molar-refractivity contribution is 7.92. The van der Waals surface area contributed by atoms with Crippen molar-refractivity contribution in [3.63, 3.8) is 0 Å². The molecule has 0 fully saturated rings. The van der Waals surface area contributed by atoms with Crippen LogP contribution in [0, 0.1) is 0 Å². The molecule has 0 radical (unpaired) electrons. The van der Waals surface area contributed by atoms with Crippen LogP contribution in [0.3, 0.4) is 0 Å². The standard InChI is InChI=1S/C10H10N4O2S.C6H14N2O2/c11-8-2-4-9(5-3-8)17(15,16)14-10-12-6-1-7-13-10;7-4-2-1-3-5(8)6(9)10/h1-7H,11H2,(H,12,13,14);5H,1-4,7-8H2,(H,9,10). The first kappa shape index (κ1) is 22.3. The molecule has 148 valence electrons. The molecule has 0 bridgehead atoms.